The molecule has 4 rings (SSSR count). The number of rotatable bonds is 4. The van der Waals surface area contributed by atoms with Gasteiger partial charge < -0.3 is 4.90 Å². The minimum absolute atomic E-state index is 0.0447. The van der Waals surface area contributed by atoms with E-state index in [1.54, 1.807) is 24.0 Å². The van der Waals surface area contributed by atoms with Crippen molar-refractivity contribution in [3.63, 3.8) is 0 Å². The van der Waals surface area contributed by atoms with Gasteiger partial charge in [0.05, 0.1) is 18.3 Å². The van der Waals surface area contributed by atoms with Crippen molar-refractivity contribution in [2.24, 2.45) is 17.8 Å². The molecule has 0 bridgehead atoms. The molecule has 0 spiro atoms. The number of piperidine rings is 1. The summed E-state index contributed by atoms with van der Waals surface area (Å²) in [6.07, 6.45) is 3.42. The zero-order valence-corrected chi connectivity index (χ0v) is 13.9. The summed E-state index contributed by atoms with van der Waals surface area (Å²) in [6.45, 7) is 8.91. The number of carbonyl (C=O) groups is 1. The van der Waals surface area contributed by atoms with E-state index in [1.807, 2.05) is 6.92 Å². The van der Waals surface area contributed by atoms with Crippen LogP contribution in [0.25, 0.3) is 0 Å². The van der Waals surface area contributed by atoms with Gasteiger partial charge in [-0.1, -0.05) is 13.0 Å². The molecule has 1 saturated carbocycles. The average Bonchev–Trinajstić information content (AvgIpc) is 2.94. The van der Waals surface area contributed by atoms with Gasteiger partial charge in [0.2, 0.25) is 0 Å². The van der Waals surface area contributed by atoms with Gasteiger partial charge in [-0.2, -0.15) is 5.10 Å². The fourth-order valence-corrected chi connectivity index (χ4v) is 3.74. The van der Waals surface area contributed by atoms with E-state index in [-0.39, 0.29) is 5.78 Å². The highest BCUT2D eigenvalue weighted by atomic mass is 16.1. The monoisotopic (exact) mass is 310 g/mol. The van der Waals surface area contributed by atoms with E-state index in [0.29, 0.717) is 12.1 Å². The van der Waals surface area contributed by atoms with Gasteiger partial charge in [-0.3, -0.25) is 9.48 Å². The van der Waals surface area contributed by atoms with Gasteiger partial charge in [0.15, 0.2) is 5.78 Å². The Bertz CT molecular complexity index is 754. The number of nitrogens with zero attached hydrogens (tertiary/aromatic N) is 4. The quantitative estimate of drug-likeness (QED) is 0.814. The van der Waals surface area contributed by atoms with Crippen LogP contribution in [0.15, 0.2) is 24.5 Å². The summed E-state index contributed by atoms with van der Waals surface area (Å²) in [6, 6.07) is 4.26. The fraction of sp³-hybridized carbons (Fsp3) is 0.500. The number of hydrogen-bond donors (Lipinski definition) is 0. The number of carbonyl (C=O) groups excluding carboxylic acids is 1. The number of ketones is 1. The van der Waals surface area contributed by atoms with E-state index in [9.17, 15) is 4.79 Å². The molecule has 0 radical (unpaired) electrons. The molecular formula is C18H22N4O. The molecule has 120 valence electrons. The molecule has 0 N–H and O–H groups in total. The van der Waals surface area contributed by atoms with Crippen LogP contribution in [0.1, 0.15) is 35.5 Å². The molecule has 1 aliphatic carbocycles. The number of anilines is 1. The molecule has 2 unspecified atom stereocenters. The first-order valence-corrected chi connectivity index (χ1v) is 8.28. The van der Waals surface area contributed by atoms with Crippen LogP contribution in [0.5, 0.6) is 0 Å². The van der Waals surface area contributed by atoms with Crippen LogP contribution in [0.2, 0.25) is 0 Å². The summed E-state index contributed by atoms with van der Waals surface area (Å²) in [4.78, 5) is 18.6. The first kappa shape index (κ1) is 14.4. The van der Waals surface area contributed by atoms with Crippen LogP contribution >= 0.6 is 0 Å². The molecule has 2 aromatic rings. The van der Waals surface area contributed by atoms with E-state index in [4.69, 9.17) is 4.98 Å². The Morgan fingerprint density at radius 1 is 1.30 bits per heavy atom. The summed E-state index contributed by atoms with van der Waals surface area (Å²) >= 11 is 0. The van der Waals surface area contributed by atoms with Gasteiger partial charge in [-0.05, 0) is 43.2 Å². The van der Waals surface area contributed by atoms with Crippen LogP contribution in [0, 0.1) is 24.7 Å². The number of aryl methyl sites for hydroxylation is 1. The van der Waals surface area contributed by atoms with Crippen molar-refractivity contribution < 1.29 is 4.79 Å². The van der Waals surface area contributed by atoms with E-state index in [1.165, 1.54) is 0 Å². The fourth-order valence-electron chi connectivity index (χ4n) is 3.74. The number of fused-ring (bicyclic) bond motifs is 1. The molecule has 1 aliphatic heterocycles. The standard InChI is InChI=1S/C18H22N4O/c1-11-16-9-21(10-17(11)16)18-5-4-14(12(2)20-18)7-22-8-15(6-19-22)13(3)23/h4-6,8,11,16-17H,7,9-10H2,1-3H3. The third kappa shape index (κ3) is 2.54. The lowest BCUT2D eigenvalue weighted by atomic mass is 10.2. The summed E-state index contributed by atoms with van der Waals surface area (Å²) in [5.74, 6) is 3.80. The van der Waals surface area contributed by atoms with Gasteiger partial charge in [-0.25, -0.2) is 4.98 Å². The Morgan fingerprint density at radius 2 is 2.04 bits per heavy atom. The average molecular weight is 310 g/mol. The molecule has 23 heavy (non-hydrogen) atoms. The SMILES string of the molecule is CC(=O)c1cnn(Cc2ccc(N3CC4C(C)C4C3)nc2C)c1. The van der Waals surface area contributed by atoms with Crippen LogP contribution in [0.4, 0.5) is 5.82 Å². The third-order valence-corrected chi connectivity index (χ3v) is 5.50. The van der Waals surface area contributed by atoms with E-state index in [0.717, 1.165) is 47.9 Å². The number of pyridine rings is 1. The maximum absolute atomic E-state index is 11.4. The maximum atomic E-state index is 11.4. The zero-order valence-electron chi connectivity index (χ0n) is 13.9. The molecule has 5 heteroatoms. The Hall–Kier alpha value is -2.17. The normalized spacial score (nSPS) is 25.5. The van der Waals surface area contributed by atoms with Crippen LogP contribution in [0.3, 0.4) is 0 Å². The Kier molecular flexibility index (Phi) is 3.25. The number of Topliss-reactive ketones (excluding diaryl/α,β-unsaturated/α-hetero) is 1. The minimum atomic E-state index is 0.0447. The molecule has 1 saturated heterocycles. The topological polar surface area (TPSA) is 51.0 Å². The first-order chi connectivity index (χ1) is 11.0. The van der Waals surface area contributed by atoms with Crippen molar-refractivity contribution in [3.05, 3.63) is 41.3 Å². The van der Waals surface area contributed by atoms with E-state index in [2.05, 4.69) is 29.1 Å². The van der Waals surface area contributed by atoms with Gasteiger partial charge >= 0.3 is 0 Å². The molecule has 3 heterocycles. The predicted octanol–water partition coefficient (Wildman–Crippen LogP) is 2.54. The highest BCUT2D eigenvalue weighted by Gasteiger charge is 2.52. The Labute approximate surface area is 136 Å². The molecular weight excluding hydrogens is 288 g/mol. The van der Waals surface area contributed by atoms with Crippen LogP contribution < -0.4 is 4.90 Å². The zero-order chi connectivity index (χ0) is 16.1. The van der Waals surface area contributed by atoms with Crippen molar-refractivity contribution in [2.75, 3.05) is 18.0 Å². The number of aromatic nitrogens is 3. The first-order valence-electron chi connectivity index (χ1n) is 8.28. The highest BCUT2D eigenvalue weighted by Crippen LogP contribution is 2.51. The Balaban J connectivity index is 1.48. The molecule has 5 nitrogen and oxygen atoms in total. The summed E-state index contributed by atoms with van der Waals surface area (Å²) in [5, 5.41) is 4.26. The molecule has 2 fully saturated rings. The predicted molar refractivity (Wildman–Crippen MR) is 88.7 cm³/mol. The molecule has 0 amide bonds. The van der Waals surface area contributed by atoms with Gasteiger partial charge in [0.25, 0.3) is 0 Å². The number of hydrogen-bond acceptors (Lipinski definition) is 4. The molecule has 2 aliphatic rings. The van der Waals surface area contributed by atoms with Crippen molar-refractivity contribution >= 4 is 11.6 Å². The van der Waals surface area contributed by atoms with Gasteiger partial charge in [0, 0.05) is 25.0 Å². The molecule has 0 aromatic carbocycles. The second-order valence-electron chi connectivity index (χ2n) is 6.99. The van der Waals surface area contributed by atoms with E-state index < -0.39 is 0 Å². The van der Waals surface area contributed by atoms with Crippen molar-refractivity contribution in [1.82, 2.24) is 14.8 Å². The third-order valence-electron chi connectivity index (χ3n) is 5.50. The second kappa shape index (κ2) is 5.18. The second-order valence-corrected chi connectivity index (χ2v) is 6.99. The lowest BCUT2D eigenvalue weighted by Crippen LogP contribution is -2.24. The van der Waals surface area contributed by atoms with Crippen LogP contribution in [-0.4, -0.2) is 33.6 Å². The smallest absolute Gasteiger partial charge is 0.162 e. The van der Waals surface area contributed by atoms with Crippen molar-refractivity contribution in [3.8, 4) is 0 Å². The highest BCUT2D eigenvalue weighted by molar-refractivity contribution is 5.93. The lowest BCUT2D eigenvalue weighted by Gasteiger charge is -2.21. The van der Waals surface area contributed by atoms with Gasteiger partial charge in [-0.15, -0.1) is 0 Å². The van der Waals surface area contributed by atoms with Gasteiger partial charge in [0.1, 0.15) is 5.82 Å². The van der Waals surface area contributed by atoms with Crippen molar-refractivity contribution in [2.45, 2.75) is 27.3 Å². The summed E-state index contributed by atoms with van der Waals surface area (Å²) in [7, 11) is 0. The molecule has 2 aromatic heterocycles. The Morgan fingerprint density at radius 3 is 2.65 bits per heavy atom. The largest absolute Gasteiger partial charge is 0.356 e. The van der Waals surface area contributed by atoms with Crippen molar-refractivity contribution in [1.29, 1.82) is 0 Å². The van der Waals surface area contributed by atoms with Crippen LogP contribution in [-0.2, 0) is 6.54 Å². The maximum Gasteiger partial charge on any atom is 0.162 e. The lowest BCUT2D eigenvalue weighted by molar-refractivity contribution is 0.101. The summed E-state index contributed by atoms with van der Waals surface area (Å²) < 4.78 is 1.80. The van der Waals surface area contributed by atoms with E-state index >= 15 is 0 Å². The molecule has 2 atom stereocenters. The summed E-state index contributed by atoms with van der Waals surface area (Å²) in [5.41, 5.74) is 2.83. The minimum Gasteiger partial charge on any atom is -0.356 e.